The summed E-state index contributed by atoms with van der Waals surface area (Å²) in [6.45, 7) is 2.33. The second-order valence-corrected chi connectivity index (χ2v) is 6.45. The van der Waals surface area contributed by atoms with E-state index >= 15 is 0 Å². The van der Waals surface area contributed by atoms with Crippen molar-refractivity contribution >= 4 is 18.3 Å². The lowest BCUT2D eigenvalue weighted by Crippen LogP contribution is -2.41. The van der Waals surface area contributed by atoms with Crippen molar-refractivity contribution in [3.63, 3.8) is 0 Å². The molecule has 140 valence electrons. The molecular weight excluding hydrogens is 352 g/mol. The lowest BCUT2D eigenvalue weighted by Gasteiger charge is -2.31. The Balaban J connectivity index is 0.00000243. The molecule has 2 aromatic rings. The highest BCUT2D eigenvalue weighted by Crippen LogP contribution is 2.19. The molecule has 0 spiro atoms. The van der Waals surface area contributed by atoms with Crippen molar-refractivity contribution in [2.24, 2.45) is 7.05 Å². The number of amides is 1. The zero-order valence-corrected chi connectivity index (χ0v) is 15.7. The molecule has 1 unspecified atom stereocenters. The van der Waals surface area contributed by atoms with Crippen LogP contribution in [0.5, 0.6) is 0 Å². The van der Waals surface area contributed by atoms with Crippen LogP contribution in [0.1, 0.15) is 35.3 Å². The first-order valence-corrected chi connectivity index (χ1v) is 8.73. The highest BCUT2D eigenvalue weighted by molar-refractivity contribution is 5.94. The van der Waals surface area contributed by atoms with E-state index in [1.165, 1.54) is 10.6 Å². The van der Waals surface area contributed by atoms with Crippen LogP contribution in [0.4, 0.5) is 0 Å². The highest BCUT2D eigenvalue weighted by Gasteiger charge is 2.26. The molecule has 1 N–H and O–H groups in total. The second kappa shape index (κ2) is 9.50. The second-order valence-electron chi connectivity index (χ2n) is 6.45. The summed E-state index contributed by atoms with van der Waals surface area (Å²) < 4.78 is 1.47. The molecule has 26 heavy (non-hydrogen) atoms. The van der Waals surface area contributed by atoms with Crippen LogP contribution in [0.15, 0.2) is 47.5 Å². The molecule has 1 fully saturated rings. The van der Waals surface area contributed by atoms with Crippen molar-refractivity contribution < 1.29 is 4.79 Å². The molecule has 1 amide bonds. The first-order chi connectivity index (χ1) is 12.1. The number of halogens is 1. The molecule has 0 saturated carbocycles. The van der Waals surface area contributed by atoms with Crippen LogP contribution in [0.3, 0.4) is 0 Å². The van der Waals surface area contributed by atoms with E-state index in [-0.39, 0.29) is 29.9 Å². The fraction of sp³-hybridized carbons (Fsp3) is 0.421. The Morgan fingerprint density at radius 1 is 1.31 bits per heavy atom. The molecule has 0 radical (unpaired) electrons. The summed E-state index contributed by atoms with van der Waals surface area (Å²) >= 11 is 0. The van der Waals surface area contributed by atoms with Gasteiger partial charge in [0.2, 0.25) is 0 Å². The zero-order chi connectivity index (χ0) is 17.6. The molecule has 6 nitrogen and oxygen atoms in total. The predicted molar refractivity (Wildman–Crippen MR) is 104 cm³/mol. The molecule has 3 rings (SSSR count). The molecule has 1 saturated heterocycles. The quantitative estimate of drug-likeness (QED) is 0.886. The Labute approximate surface area is 159 Å². The molecule has 0 aliphatic carbocycles. The van der Waals surface area contributed by atoms with Gasteiger partial charge in [0.05, 0.1) is 12.2 Å². The number of aryl methyl sites for hydroxylation is 1. The summed E-state index contributed by atoms with van der Waals surface area (Å²) in [5.74, 6) is -0.102. The molecule has 1 atom stereocenters. The number of nitrogens with zero attached hydrogens (tertiary/aromatic N) is 3. The minimum atomic E-state index is -0.175. The maximum Gasteiger partial charge on any atom is 0.254 e. The Morgan fingerprint density at radius 2 is 2.15 bits per heavy atom. The number of pyridine rings is 2. The van der Waals surface area contributed by atoms with Gasteiger partial charge in [-0.3, -0.25) is 14.6 Å². The van der Waals surface area contributed by atoms with E-state index in [2.05, 4.69) is 10.3 Å². The van der Waals surface area contributed by atoms with E-state index < -0.39 is 0 Å². The molecule has 1 aliphatic heterocycles. The third-order valence-corrected chi connectivity index (χ3v) is 4.66. The van der Waals surface area contributed by atoms with E-state index in [9.17, 15) is 9.59 Å². The summed E-state index contributed by atoms with van der Waals surface area (Å²) in [4.78, 5) is 31.3. The Kier molecular flexibility index (Phi) is 7.36. The standard InChI is InChI=1S/C19H24N4O2.ClH/c1-22-12-8-15(13-18(22)24)19(25)23(14-16-5-2-3-10-21-16)17-6-4-9-20-11-7-17;/h2-3,5,8,10,12-13,17,20H,4,6-7,9,11,14H2,1H3;1H. The van der Waals surface area contributed by atoms with Crippen molar-refractivity contribution in [3.8, 4) is 0 Å². The van der Waals surface area contributed by atoms with Gasteiger partial charge in [0.25, 0.3) is 11.5 Å². The van der Waals surface area contributed by atoms with Crippen LogP contribution in [-0.4, -0.2) is 39.5 Å². The van der Waals surface area contributed by atoms with E-state index in [1.54, 1.807) is 25.5 Å². The number of rotatable bonds is 4. The van der Waals surface area contributed by atoms with Crippen LogP contribution in [0.25, 0.3) is 0 Å². The number of carbonyl (C=O) groups excluding carboxylic acids is 1. The highest BCUT2D eigenvalue weighted by atomic mass is 35.5. The van der Waals surface area contributed by atoms with Crippen molar-refractivity contribution in [1.29, 1.82) is 0 Å². The van der Waals surface area contributed by atoms with Gasteiger partial charge in [-0.25, -0.2) is 0 Å². The van der Waals surface area contributed by atoms with Crippen LogP contribution >= 0.6 is 12.4 Å². The normalized spacial score (nSPS) is 17.0. The van der Waals surface area contributed by atoms with Crippen LogP contribution in [-0.2, 0) is 13.6 Å². The van der Waals surface area contributed by atoms with Gasteiger partial charge in [-0.2, -0.15) is 0 Å². The van der Waals surface area contributed by atoms with Gasteiger partial charge in [0.15, 0.2) is 0 Å². The first-order valence-electron chi connectivity index (χ1n) is 8.73. The van der Waals surface area contributed by atoms with Crippen LogP contribution in [0, 0.1) is 0 Å². The van der Waals surface area contributed by atoms with E-state index in [0.717, 1.165) is 38.0 Å². The van der Waals surface area contributed by atoms with Crippen LogP contribution < -0.4 is 10.9 Å². The largest absolute Gasteiger partial charge is 0.330 e. The van der Waals surface area contributed by atoms with Gasteiger partial charge in [-0.05, 0) is 50.6 Å². The predicted octanol–water partition coefficient (Wildman–Crippen LogP) is 1.99. The number of carbonyl (C=O) groups is 1. The lowest BCUT2D eigenvalue weighted by atomic mass is 10.1. The average Bonchev–Trinajstić information content (AvgIpc) is 2.91. The van der Waals surface area contributed by atoms with E-state index in [4.69, 9.17) is 0 Å². The summed E-state index contributed by atoms with van der Waals surface area (Å²) in [7, 11) is 1.68. The molecular formula is C19H25ClN4O2. The minimum Gasteiger partial charge on any atom is -0.330 e. The smallest absolute Gasteiger partial charge is 0.254 e. The van der Waals surface area contributed by atoms with Crippen molar-refractivity contribution in [1.82, 2.24) is 19.8 Å². The molecule has 0 aromatic carbocycles. The fourth-order valence-corrected chi connectivity index (χ4v) is 3.19. The zero-order valence-electron chi connectivity index (χ0n) is 14.9. The number of nitrogens with one attached hydrogen (secondary N) is 1. The lowest BCUT2D eigenvalue weighted by molar-refractivity contribution is 0.0642. The summed E-state index contributed by atoms with van der Waals surface area (Å²) in [5, 5.41) is 3.38. The topological polar surface area (TPSA) is 67.2 Å². The van der Waals surface area contributed by atoms with Gasteiger partial charge in [0.1, 0.15) is 0 Å². The molecule has 3 heterocycles. The maximum atomic E-state index is 13.2. The van der Waals surface area contributed by atoms with Crippen LogP contribution in [0.2, 0.25) is 0 Å². The fourth-order valence-electron chi connectivity index (χ4n) is 3.19. The van der Waals surface area contributed by atoms with Crippen molar-refractivity contribution in [2.45, 2.75) is 31.8 Å². The molecule has 1 aliphatic rings. The van der Waals surface area contributed by atoms with Gasteiger partial charge in [-0.1, -0.05) is 6.07 Å². The Bertz CT molecular complexity index is 771. The summed E-state index contributed by atoms with van der Waals surface area (Å²) in [6, 6.07) is 9.00. The van der Waals surface area contributed by atoms with Gasteiger partial charge < -0.3 is 14.8 Å². The average molecular weight is 377 g/mol. The summed E-state index contributed by atoms with van der Waals surface area (Å²) in [6.07, 6.45) is 6.28. The molecule has 0 bridgehead atoms. The van der Waals surface area contributed by atoms with E-state index in [1.807, 2.05) is 23.1 Å². The Morgan fingerprint density at radius 3 is 2.88 bits per heavy atom. The monoisotopic (exact) mass is 376 g/mol. The third-order valence-electron chi connectivity index (χ3n) is 4.66. The minimum absolute atomic E-state index is 0. The molecule has 2 aromatic heterocycles. The SMILES string of the molecule is Cl.Cn1ccc(C(=O)N(Cc2ccccn2)C2CCCNCC2)cc1=O. The number of hydrogen-bond donors (Lipinski definition) is 1. The third kappa shape index (κ3) is 4.93. The van der Waals surface area contributed by atoms with Gasteiger partial charge >= 0.3 is 0 Å². The first kappa shape index (κ1) is 20.1. The van der Waals surface area contributed by atoms with Gasteiger partial charge in [-0.15, -0.1) is 12.4 Å². The maximum absolute atomic E-state index is 13.2. The van der Waals surface area contributed by atoms with Gasteiger partial charge in [0, 0.05) is 37.1 Å². The number of hydrogen-bond acceptors (Lipinski definition) is 4. The van der Waals surface area contributed by atoms with Crippen molar-refractivity contribution in [3.05, 3.63) is 64.3 Å². The summed E-state index contributed by atoms with van der Waals surface area (Å²) in [5.41, 5.74) is 1.12. The van der Waals surface area contributed by atoms with E-state index in [0.29, 0.717) is 12.1 Å². The Hall–Kier alpha value is -2.18. The number of aromatic nitrogens is 2. The molecule has 7 heteroatoms. The van der Waals surface area contributed by atoms with Crippen molar-refractivity contribution in [2.75, 3.05) is 13.1 Å².